The number of aromatic nitrogens is 2. The van der Waals surface area contributed by atoms with Crippen molar-refractivity contribution in [3.05, 3.63) is 20.1 Å². The summed E-state index contributed by atoms with van der Waals surface area (Å²) in [4.78, 5) is 5.47. The van der Waals surface area contributed by atoms with E-state index >= 15 is 0 Å². The summed E-state index contributed by atoms with van der Waals surface area (Å²) in [5, 5.41) is 4.13. The fourth-order valence-electron chi connectivity index (χ4n) is 2.77. The Hall–Kier alpha value is -0.240. The minimum atomic E-state index is -0.439. The monoisotopic (exact) mass is 419 g/mol. The quantitative estimate of drug-likeness (QED) is 0.765. The fourth-order valence-corrected chi connectivity index (χ4v) is 4.73. The van der Waals surface area contributed by atoms with Gasteiger partial charge in [-0.15, -0.1) is 11.3 Å². The Kier molecular flexibility index (Phi) is 4.05. The van der Waals surface area contributed by atoms with Crippen molar-refractivity contribution >= 4 is 43.2 Å². The molecule has 0 bridgehead atoms. The third-order valence-corrected chi connectivity index (χ3v) is 7.00. The Morgan fingerprint density at radius 3 is 2.95 bits per heavy atom. The van der Waals surface area contributed by atoms with Gasteiger partial charge in [-0.05, 0) is 56.7 Å². The molecule has 3 rings (SSSR count). The lowest BCUT2D eigenvalue weighted by Crippen LogP contribution is -2.42. The molecule has 2 atom stereocenters. The summed E-state index contributed by atoms with van der Waals surface area (Å²) >= 11 is 8.50. The van der Waals surface area contributed by atoms with Crippen LogP contribution in [-0.4, -0.2) is 10.1 Å². The second-order valence-corrected chi connectivity index (χ2v) is 8.74. The Balaban J connectivity index is 1.90. The van der Waals surface area contributed by atoms with Crippen LogP contribution in [0, 0.1) is 5.92 Å². The lowest BCUT2D eigenvalue weighted by molar-refractivity contribution is 0.222. The molecule has 0 spiro atoms. The average molecular weight is 421 g/mol. The topological polar surface area (TPSA) is 64.9 Å². The minimum Gasteiger partial charge on any atom is -0.333 e. The highest BCUT2D eigenvalue weighted by Gasteiger charge is 2.37. The highest BCUT2D eigenvalue weighted by molar-refractivity contribution is 9.13. The number of thiophene rings is 1. The van der Waals surface area contributed by atoms with Crippen molar-refractivity contribution in [3.63, 3.8) is 0 Å². The first kappa shape index (κ1) is 14.7. The van der Waals surface area contributed by atoms with Crippen molar-refractivity contribution in [2.24, 2.45) is 11.7 Å². The third-order valence-electron chi connectivity index (χ3n) is 3.76. The maximum atomic E-state index is 6.50. The van der Waals surface area contributed by atoms with Gasteiger partial charge in [-0.25, -0.2) is 0 Å². The largest absolute Gasteiger partial charge is 0.333 e. The molecule has 1 saturated carbocycles. The van der Waals surface area contributed by atoms with Gasteiger partial charge in [-0.3, -0.25) is 0 Å². The number of nitrogens with two attached hydrogens (primary N) is 1. The molecular formula is C13H15Br2N3OS. The van der Waals surface area contributed by atoms with Crippen LogP contribution >= 0.6 is 43.2 Å². The highest BCUT2D eigenvalue weighted by atomic mass is 79.9. The summed E-state index contributed by atoms with van der Waals surface area (Å²) < 4.78 is 7.41. The summed E-state index contributed by atoms with van der Waals surface area (Å²) in [5.41, 5.74) is 6.06. The maximum Gasteiger partial charge on any atom is 0.268 e. The lowest BCUT2D eigenvalue weighted by atomic mass is 9.76. The summed E-state index contributed by atoms with van der Waals surface area (Å²) in [7, 11) is 0. The zero-order valence-electron chi connectivity index (χ0n) is 11.0. The molecule has 0 saturated heterocycles. The number of nitrogens with zero attached hydrogens (tertiary/aromatic N) is 2. The van der Waals surface area contributed by atoms with Crippen LogP contribution in [0.2, 0.25) is 0 Å². The molecule has 7 heteroatoms. The van der Waals surface area contributed by atoms with E-state index in [4.69, 9.17) is 10.3 Å². The molecule has 0 aliphatic heterocycles. The van der Waals surface area contributed by atoms with Gasteiger partial charge in [0, 0.05) is 4.47 Å². The SMILES string of the molecule is CC1CCCC(N)(c2noc(-c3cc(Br)c(Br)s3)n2)C1. The van der Waals surface area contributed by atoms with E-state index in [0.717, 1.165) is 32.4 Å². The van der Waals surface area contributed by atoms with E-state index in [1.165, 1.54) is 6.42 Å². The van der Waals surface area contributed by atoms with Gasteiger partial charge < -0.3 is 10.3 Å². The van der Waals surface area contributed by atoms with Gasteiger partial charge in [0.25, 0.3) is 5.89 Å². The average Bonchev–Trinajstić information content (AvgIpc) is 2.97. The number of rotatable bonds is 2. The number of halogens is 2. The molecule has 1 aliphatic rings. The van der Waals surface area contributed by atoms with Crippen LogP contribution in [0.15, 0.2) is 18.8 Å². The molecule has 0 aromatic carbocycles. The summed E-state index contributed by atoms with van der Waals surface area (Å²) in [6, 6.07) is 1.97. The second kappa shape index (κ2) is 5.51. The third kappa shape index (κ3) is 2.73. The Labute approximate surface area is 138 Å². The zero-order chi connectivity index (χ0) is 14.3. The Morgan fingerprint density at radius 1 is 1.50 bits per heavy atom. The molecule has 2 heterocycles. The van der Waals surface area contributed by atoms with Gasteiger partial charge in [0.1, 0.15) is 0 Å². The van der Waals surface area contributed by atoms with Gasteiger partial charge in [0.2, 0.25) is 0 Å². The molecule has 0 radical (unpaired) electrons. The molecule has 2 N–H and O–H groups in total. The van der Waals surface area contributed by atoms with E-state index in [1.807, 2.05) is 6.07 Å². The van der Waals surface area contributed by atoms with Crippen LogP contribution in [-0.2, 0) is 5.54 Å². The van der Waals surface area contributed by atoms with E-state index in [1.54, 1.807) is 11.3 Å². The Morgan fingerprint density at radius 2 is 2.30 bits per heavy atom. The van der Waals surface area contributed by atoms with Gasteiger partial charge >= 0.3 is 0 Å². The lowest BCUT2D eigenvalue weighted by Gasteiger charge is -2.33. The normalized spacial score (nSPS) is 26.9. The molecule has 0 amide bonds. The predicted molar refractivity (Wildman–Crippen MR) is 86.5 cm³/mol. The van der Waals surface area contributed by atoms with Crippen LogP contribution in [0.4, 0.5) is 0 Å². The fraction of sp³-hybridized carbons (Fsp3) is 0.538. The zero-order valence-corrected chi connectivity index (χ0v) is 15.0. The molecule has 108 valence electrons. The van der Waals surface area contributed by atoms with Crippen molar-refractivity contribution in [1.29, 1.82) is 0 Å². The predicted octanol–water partition coefficient (Wildman–Crippen LogP) is 4.69. The van der Waals surface area contributed by atoms with E-state index in [9.17, 15) is 0 Å². The first-order chi connectivity index (χ1) is 9.48. The summed E-state index contributed by atoms with van der Waals surface area (Å²) in [6.45, 7) is 2.23. The molecule has 2 aromatic heterocycles. The van der Waals surface area contributed by atoms with E-state index in [2.05, 4.69) is 48.9 Å². The van der Waals surface area contributed by atoms with Crippen molar-refractivity contribution in [3.8, 4) is 10.8 Å². The van der Waals surface area contributed by atoms with Gasteiger partial charge in [-0.1, -0.05) is 24.9 Å². The summed E-state index contributed by atoms with van der Waals surface area (Å²) in [6.07, 6.45) is 4.20. The van der Waals surface area contributed by atoms with E-state index < -0.39 is 5.54 Å². The molecular weight excluding hydrogens is 406 g/mol. The van der Waals surface area contributed by atoms with E-state index in [0.29, 0.717) is 17.6 Å². The smallest absolute Gasteiger partial charge is 0.268 e. The molecule has 1 fully saturated rings. The second-order valence-electron chi connectivity index (χ2n) is 5.51. The van der Waals surface area contributed by atoms with Crippen LogP contribution in [0.5, 0.6) is 0 Å². The van der Waals surface area contributed by atoms with Crippen LogP contribution in [0.1, 0.15) is 38.4 Å². The first-order valence-corrected chi connectivity index (χ1v) is 8.96. The number of hydrogen-bond donors (Lipinski definition) is 1. The van der Waals surface area contributed by atoms with Crippen LogP contribution in [0.3, 0.4) is 0 Å². The molecule has 2 unspecified atom stereocenters. The highest BCUT2D eigenvalue weighted by Crippen LogP contribution is 2.40. The van der Waals surface area contributed by atoms with Crippen LogP contribution < -0.4 is 5.73 Å². The minimum absolute atomic E-state index is 0.439. The Bertz CT molecular complexity index is 607. The number of hydrogen-bond acceptors (Lipinski definition) is 5. The first-order valence-electron chi connectivity index (χ1n) is 6.56. The molecule has 1 aliphatic carbocycles. The molecule has 4 nitrogen and oxygen atoms in total. The van der Waals surface area contributed by atoms with Gasteiger partial charge in [0.15, 0.2) is 5.82 Å². The van der Waals surface area contributed by atoms with Gasteiger partial charge in [0.05, 0.1) is 14.2 Å². The van der Waals surface area contributed by atoms with Gasteiger partial charge in [-0.2, -0.15) is 4.98 Å². The van der Waals surface area contributed by atoms with Crippen molar-refractivity contribution in [2.45, 2.75) is 38.1 Å². The molecule has 2 aromatic rings. The van der Waals surface area contributed by atoms with Crippen LogP contribution in [0.25, 0.3) is 10.8 Å². The standard InChI is InChI=1S/C13H15Br2N3OS/c1-7-3-2-4-13(16,6-7)12-17-11(19-18-12)9-5-8(14)10(15)20-9/h5,7H,2-4,6,16H2,1H3. The van der Waals surface area contributed by atoms with E-state index in [-0.39, 0.29) is 0 Å². The maximum absolute atomic E-state index is 6.50. The molecule has 20 heavy (non-hydrogen) atoms. The van der Waals surface area contributed by atoms with Crippen molar-refractivity contribution in [1.82, 2.24) is 10.1 Å². The van der Waals surface area contributed by atoms with Crippen molar-refractivity contribution < 1.29 is 4.52 Å². The van der Waals surface area contributed by atoms with Crippen molar-refractivity contribution in [2.75, 3.05) is 0 Å². The summed E-state index contributed by atoms with van der Waals surface area (Å²) in [5.74, 6) is 1.79.